The topological polar surface area (TPSA) is 23.6 Å². The van der Waals surface area contributed by atoms with E-state index < -0.39 is 0 Å². The van der Waals surface area contributed by atoms with Crippen LogP contribution in [0.15, 0.2) is 11.8 Å². The van der Waals surface area contributed by atoms with Crippen LogP contribution in [-0.2, 0) is 4.79 Å². The molecule has 0 aromatic rings. The van der Waals surface area contributed by atoms with Crippen LogP contribution < -0.4 is 0 Å². The Hall–Kier alpha value is -0.990. The highest BCUT2D eigenvalue weighted by atomic mass is 16.2. The van der Waals surface area contributed by atoms with Crippen LogP contribution in [-0.4, -0.2) is 42.9 Å². The van der Waals surface area contributed by atoms with Gasteiger partial charge in [-0.3, -0.25) is 4.79 Å². The standard InChI is InChI=1S/C13H24N2O/c1-5-11(2)15-8-6-12(7-9-15)10-13(16)14(3)4/h5,12H,6-10H2,1-4H3/b11-5-. The van der Waals surface area contributed by atoms with E-state index in [1.807, 2.05) is 14.1 Å². The molecule has 16 heavy (non-hydrogen) atoms. The summed E-state index contributed by atoms with van der Waals surface area (Å²) in [5, 5.41) is 0. The maximum Gasteiger partial charge on any atom is 0.222 e. The molecule has 0 aromatic carbocycles. The third-order valence-corrected chi connectivity index (χ3v) is 3.49. The summed E-state index contributed by atoms with van der Waals surface area (Å²) in [6, 6.07) is 0. The van der Waals surface area contributed by atoms with Crippen molar-refractivity contribution >= 4 is 5.91 Å². The molecule has 0 saturated carbocycles. The Labute approximate surface area is 99.1 Å². The van der Waals surface area contributed by atoms with Crippen LogP contribution in [0.2, 0.25) is 0 Å². The molecule has 0 N–H and O–H groups in total. The Bertz CT molecular complexity index is 263. The van der Waals surface area contributed by atoms with E-state index >= 15 is 0 Å². The first-order chi connectivity index (χ1) is 7.54. The fourth-order valence-electron chi connectivity index (χ4n) is 2.10. The van der Waals surface area contributed by atoms with Gasteiger partial charge in [0.15, 0.2) is 0 Å². The summed E-state index contributed by atoms with van der Waals surface area (Å²) in [6.07, 6.45) is 5.16. The third kappa shape index (κ3) is 3.54. The van der Waals surface area contributed by atoms with Crippen LogP contribution in [0.3, 0.4) is 0 Å². The van der Waals surface area contributed by atoms with Gasteiger partial charge in [-0.25, -0.2) is 0 Å². The van der Waals surface area contributed by atoms with Gasteiger partial charge in [-0.15, -0.1) is 0 Å². The number of amides is 1. The van der Waals surface area contributed by atoms with E-state index in [1.165, 1.54) is 5.70 Å². The smallest absolute Gasteiger partial charge is 0.222 e. The summed E-state index contributed by atoms with van der Waals surface area (Å²) in [5.74, 6) is 0.844. The Kier molecular flexibility index (Phi) is 4.84. The van der Waals surface area contributed by atoms with E-state index in [1.54, 1.807) is 4.90 Å². The highest BCUT2D eigenvalue weighted by molar-refractivity contribution is 5.75. The lowest BCUT2D eigenvalue weighted by atomic mass is 9.93. The fourth-order valence-corrected chi connectivity index (χ4v) is 2.10. The molecule has 1 rings (SSSR count). The molecule has 1 saturated heterocycles. The predicted molar refractivity (Wildman–Crippen MR) is 67.0 cm³/mol. The summed E-state index contributed by atoms with van der Waals surface area (Å²) < 4.78 is 0. The number of piperidine rings is 1. The average molecular weight is 224 g/mol. The molecule has 0 spiro atoms. The molecule has 0 aromatic heterocycles. The Morgan fingerprint density at radius 1 is 1.38 bits per heavy atom. The average Bonchev–Trinajstić information content (AvgIpc) is 2.28. The Balaban J connectivity index is 2.35. The lowest BCUT2D eigenvalue weighted by molar-refractivity contribution is -0.130. The second kappa shape index (κ2) is 5.92. The van der Waals surface area contributed by atoms with E-state index in [0.717, 1.165) is 32.4 Å². The number of likely N-dealkylation sites (tertiary alicyclic amines) is 1. The highest BCUT2D eigenvalue weighted by Gasteiger charge is 2.21. The summed E-state index contributed by atoms with van der Waals surface area (Å²) in [7, 11) is 3.67. The van der Waals surface area contributed by atoms with Crippen molar-refractivity contribution < 1.29 is 4.79 Å². The quantitative estimate of drug-likeness (QED) is 0.733. The first-order valence-corrected chi connectivity index (χ1v) is 6.12. The molecular formula is C13H24N2O. The third-order valence-electron chi connectivity index (χ3n) is 3.49. The summed E-state index contributed by atoms with van der Waals surface area (Å²) >= 11 is 0. The molecule has 0 aliphatic carbocycles. The molecule has 1 heterocycles. The summed E-state index contributed by atoms with van der Waals surface area (Å²) in [6.45, 7) is 6.44. The highest BCUT2D eigenvalue weighted by Crippen LogP contribution is 2.23. The normalized spacial score (nSPS) is 18.8. The summed E-state index contributed by atoms with van der Waals surface area (Å²) in [5.41, 5.74) is 1.36. The van der Waals surface area contributed by atoms with Gasteiger partial charge >= 0.3 is 0 Å². The van der Waals surface area contributed by atoms with Gasteiger partial charge in [-0.2, -0.15) is 0 Å². The largest absolute Gasteiger partial charge is 0.375 e. The van der Waals surface area contributed by atoms with Gasteiger partial charge in [0.2, 0.25) is 5.91 Å². The van der Waals surface area contributed by atoms with E-state index in [9.17, 15) is 4.79 Å². The Morgan fingerprint density at radius 3 is 2.38 bits per heavy atom. The van der Waals surface area contributed by atoms with E-state index in [0.29, 0.717) is 5.92 Å². The molecule has 92 valence electrons. The van der Waals surface area contributed by atoms with Crippen LogP contribution >= 0.6 is 0 Å². The number of carbonyl (C=O) groups is 1. The van der Waals surface area contributed by atoms with Crippen molar-refractivity contribution in [2.24, 2.45) is 5.92 Å². The molecule has 0 radical (unpaired) electrons. The van der Waals surface area contributed by atoms with Crippen molar-refractivity contribution in [2.45, 2.75) is 33.1 Å². The maximum absolute atomic E-state index is 11.6. The minimum atomic E-state index is 0.265. The van der Waals surface area contributed by atoms with E-state index in [4.69, 9.17) is 0 Å². The molecule has 1 aliphatic heterocycles. The van der Waals surface area contributed by atoms with Crippen LogP contribution in [0.5, 0.6) is 0 Å². The zero-order chi connectivity index (χ0) is 12.1. The van der Waals surface area contributed by atoms with Gasteiger partial charge in [-0.1, -0.05) is 6.08 Å². The van der Waals surface area contributed by atoms with Gasteiger partial charge in [0.1, 0.15) is 0 Å². The van der Waals surface area contributed by atoms with Crippen molar-refractivity contribution in [1.29, 1.82) is 0 Å². The SMILES string of the molecule is C/C=C(/C)N1CCC(CC(=O)N(C)C)CC1. The second-order valence-electron chi connectivity index (χ2n) is 4.85. The number of nitrogens with zero attached hydrogens (tertiary/aromatic N) is 2. The van der Waals surface area contributed by atoms with E-state index in [-0.39, 0.29) is 5.91 Å². The monoisotopic (exact) mass is 224 g/mol. The molecular weight excluding hydrogens is 200 g/mol. The maximum atomic E-state index is 11.6. The zero-order valence-corrected chi connectivity index (χ0v) is 11.0. The molecule has 0 bridgehead atoms. The van der Waals surface area contributed by atoms with Crippen molar-refractivity contribution in [3.05, 3.63) is 11.8 Å². The van der Waals surface area contributed by atoms with E-state index in [2.05, 4.69) is 24.8 Å². The van der Waals surface area contributed by atoms with Crippen LogP contribution in [0, 0.1) is 5.92 Å². The molecule has 0 unspecified atom stereocenters. The van der Waals surface area contributed by atoms with Crippen molar-refractivity contribution in [2.75, 3.05) is 27.2 Å². The van der Waals surface area contributed by atoms with Crippen LogP contribution in [0.1, 0.15) is 33.1 Å². The minimum absolute atomic E-state index is 0.265. The van der Waals surface area contributed by atoms with Gasteiger partial charge in [0.05, 0.1) is 0 Å². The fraction of sp³-hybridized carbons (Fsp3) is 0.769. The number of carbonyl (C=O) groups excluding carboxylic acids is 1. The molecule has 0 atom stereocenters. The molecule has 1 aliphatic rings. The molecule has 3 heteroatoms. The predicted octanol–water partition coefficient (Wildman–Crippen LogP) is 2.10. The van der Waals surface area contributed by atoms with Crippen molar-refractivity contribution in [1.82, 2.24) is 9.80 Å². The summed E-state index contributed by atoms with van der Waals surface area (Å²) in [4.78, 5) is 15.7. The van der Waals surface area contributed by atoms with Crippen molar-refractivity contribution in [3.63, 3.8) is 0 Å². The van der Waals surface area contributed by atoms with Gasteiger partial charge in [0.25, 0.3) is 0 Å². The van der Waals surface area contributed by atoms with Gasteiger partial charge in [-0.05, 0) is 32.6 Å². The van der Waals surface area contributed by atoms with Gasteiger partial charge < -0.3 is 9.80 Å². The van der Waals surface area contributed by atoms with Crippen LogP contribution in [0.4, 0.5) is 0 Å². The number of allylic oxidation sites excluding steroid dienone is 2. The number of rotatable bonds is 3. The van der Waals surface area contributed by atoms with Gasteiger partial charge in [0, 0.05) is 39.3 Å². The second-order valence-corrected chi connectivity index (χ2v) is 4.85. The Morgan fingerprint density at radius 2 is 1.94 bits per heavy atom. The van der Waals surface area contributed by atoms with Crippen molar-refractivity contribution in [3.8, 4) is 0 Å². The number of hydrogen-bond acceptors (Lipinski definition) is 2. The minimum Gasteiger partial charge on any atom is -0.375 e. The van der Waals surface area contributed by atoms with Crippen LogP contribution in [0.25, 0.3) is 0 Å². The molecule has 1 amide bonds. The lowest BCUT2D eigenvalue weighted by Gasteiger charge is -2.34. The lowest BCUT2D eigenvalue weighted by Crippen LogP contribution is -2.34. The first-order valence-electron chi connectivity index (χ1n) is 6.12. The zero-order valence-electron chi connectivity index (χ0n) is 11.0. The molecule has 1 fully saturated rings. The number of hydrogen-bond donors (Lipinski definition) is 0. The first kappa shape index (κ1) is 13.1. The molecule has 3 nitrogen and oxygen atoms in total.